The van der Waals surface area contributed by atoms with E-state index in [1.54, 1.807) is 6.08 Å². The van der Waals surface area contributed by atoms with Crippen molar-refractivity contribution in [2.75, 3.05) is 13.7 Å². The highest BCUT2D eigenvalue weighted by Crippen LogP contribution is 1.93. The smallest absolute Gasteiger partial charge is 0.250 e. The van der Waals surface area contributed by atoms with Gasteiger partial charge in [0, 0.05) is 19.7 Å². The van der Waals surface area contributed by atoms with Gasteiger partial charge in [-0.3, -0.25) is 4.79 Å². The van der Waals surface area contributed by atoms with E-state index in [0.29, 0.717) is 0 Å². The van der Waals surface area contributed by atoms with Crippen LogP contribution in [0.15, 0.2) is 12.7 Å². The standard InChI is InChI=1S/C9H18N2O2/c1-4-5-7(2)11-9(12)8(6-10)13-3/h4,7-8H,1,5-6,10H2,2-3H3,(H,11,12). The van der Waals surface area contributed by atoms with E-state index in [2.05, 4.69) is 11.9 Å². The molecule has 0 aromatic heterocycles. The number of hydrogen-bond donors (Lipinski definition) is 2. The molecule has 2 unspecified atom stereocenters. The first kappa shape index (κ1) is 12.1. The number of rotatable bonds is 6. The number of ether oxygens (including phenoxy) is 1. The van der Waals surface area contributed by atoms with E-state index < -0.39 is 6.10 Å². The molecule has 0 aliphatic heterocycles. The van der Waals surface area contributed by atoms with Crippen molar-refractivity contribution in [3.8, 4) is 0 Å². The average Bonchev–Trinajstić information content (AvgIpc) is 2.06. The van der Waals surface area contributed by atoms with E-state index in [9.17, 15) is 4.79 Å². The fraction of sp³-hybridized carbons (Fsp3) is 0.667. The molecule has 0 radical (unpaired) electrons. The first-order chi connectivity index (χ1) is 6.15. The largest absolute Gasteiger partial charge is 0.370 e. The van der Waals surface area contributed by atoms with Crippen LogP contribution in [0.5, 0.6) is 0 Å². The first-order valence-electron chi connectivity index (χ1n) is 4.29. The maximum absolute atomic E-state index is 11.3. The summed E-state index contributed by atoms with van der Waals surface area (Å²) in [5.74, 6) is -0.167. The van der Waals surface area contributed by atoms with Crippen LogP contribution in [0.4, 0.5) is 0 Å². The van der Waals surface area contributed by atoms with Gasteiger partial charge in [-0.25, -0.2) is 0 Å². The molecule has 0 spiro atoms. The van der Waals surface area contributed by atoms with E-state index in [1.165, 1.54) is 7.11 Å². The molecule has 0 aliphatic carbocycles. The molecule has 13 heavy (non-hydrogen) atoms. The third-order valence-corrected chi connectivity index (χ3v) is 1.70. The Balaban J connectivity index is 3.89. The van der Waals surface area contributed by atoms with Gasteiger partial charge >= 0.3 is 0 Å². The zero-order valence-corrected chi connectivity index (χ0v) is 8.25. The molecule has 0 aromatic rings. The summed E-state index contributed by atoms with van der Waals surface area (Å²) in [7, 11) is 1.47. The Kier molecular flexibility index (Phi) is 6.18. The van der Waals surface area contributed by atoms with Crippen molar-refractivity contribution in [2.45, 2.75) is 25.5 Å². The number of amides is 1. The molecule has 0 saturated carbocycles. The molecule has 0 aliphatic rings. The zero-order valence-electron chi connectivity index (χ0n) is 8.25. The van der Waals surface area contributed by atoms with Crippen LogP contribution in [0, 0.1) is 0 Å². The monoisotopic (exact) mass is 186 g/mol. The van der Waals surface area contributed by atoms with Crippen LogP contribution >= 0.6 is 0 Å². The van der Waals surface area contributed by atoms with Gasteiger partial charge in [0.15, 0.2) is 0 Å². The third kappa shape index (κ3) is 4.65. The molecule has 76 valence electrons. The summed E-state index contributed by atoms with van der Waals surface area (Å²) in [5, 5.41) is 2.77. The van der Waals surface area contributed by atoms with E-state index in [1.807, 2.05) is 6.92 Å². The molecule has 0 rings (SSSR count). The van der Waals surface area contributed by atoms with Crippen molar-refractivity contribution in [2.24, 2.45) is 5.73 Å². The lowest BCUT2D eigenvalue weighted by molar-refractivity contribution is -0.131. The Morgan fingerprint density at radius 2 is 2.38 bits per heavy atom. The van der Waals surface area contributed by atoms with Gasteiger partial charge in [0.1, 0.15) is 6.10 Å². The lowest BCUT2D eigenvalue weighted by Gasteiger charge is -2.16. The van der Waals surface area contributed by atoms with Crippen molar-refractivity contribution < 1.29 is 9.53 Å². The summed E-state index contributed by atoms with van der Waals surface area (Å²) >= 11 is 0. The molecule has 4 nitrogen and oxygen atoms in total. The zero-order chi connectivity index (χ0) is 10.3. The SMILES string of the molecule is C=CCC(C)NC(=O)C(CN)OC. The second-order valence-corrected chi connectivity index (χ2v) is 2.89. The van der Waals surface area contributed by atoms with Gasteiger partial charge in [0.05, 0.1) is 0 Å². The van der Waals surface area contributed by atoms with Gasteiger partial charge in [-0.05, 0) is 13.3 Å². The van der Waals surface area contributed by atoms with Gasteiger partial charge in [-0.15, -0.1) is 6.58 Å². The lowest BCUT2D eigenvalue weighted by atomic mass is 10.2. The summed E-state index contributed by atoms with van der Waals surface area (Å²) in [6.45, 7) is 5.69. The number of carbonyl (C=O) groups is 1. The van der Waals surface area contributed by atoms with Crippen molar-refractivity contribution >= 4 is 5.91 Å². The summed E-state index contributed by atoms with van der Waals surface area (Å²) in [5.41, 5.74) is 5.33. The first-order valence-corrected chi connectivity index (χ1v) is 4.29. The number of methoxy groups -OCH3 is 1. The van der Waals surface area contributed by atoms with Crippen LogP contribution in [0.2, 0.25) is 0 Å². The fourth-order valence-electron chi connectivity index (χ4n) is 0.955. The van der Waals surface area contributed by atoms with Crippen molar-refractivity contribution in [3.05, 3.63) is 12.7 Å². The highest BCUT2D eigenvalue weighted by atomic mass is 16.5. The lowest BCUT2D eigenvalue weighted by Crippen LogP contribution is -2.44. The maximum Gasteiger partial charge on any atom is 0.250 e. The molecule has 0 saturated heterocycles. The van der Waals surface area contributed by atoms with Crippen LogP contribution in [0.25, 0.3) is 0 Å². The molecule has 3 N–H and O–H groups in total. The molecular weight excluding hydrogens is 168 g/mol. The third-order valence-electron chi connectivity index (χ3n) is 1.70. The molecule has 2 atom stereocenters. The average molecular weight is 186 g/mol. The van der Waals surface area contributed by atoms with Crippen LogP contribution < -0.4 is 11.1 Å². The normalized spacial score (nSPS) is 14.7. The molecule has 1 amide bonds. The topological polar surface area (TPSA) is 64.4 Å². The number of hydrogen-bond acceptors (Lipinski definition) is 3. The van der Waals surface area contributed by atoms with E-state index in [-0.39, 0.29) is 18.5 Å². The minimum Gasteiger partial charge on any atom is -0.370 e. The van der Waals surface area contributed by atoms with Crippen LogP contribution in [-0.4, -0.2) is 31.7 Å². The van der Waals surface area contributed by atoms with Gasteiger partial charge < -0.3 is 15.8 Å². The second-order valence-electron chi connectivity index (χ2n) is 2.89. The minimum atomic E-state index is -0.549. The Hall–Kier alpha value is -0.870. The molecule has 0 aromatic carbocycles. The van der Waals surface area contributed by atoms with Crippen LogP contribution in [0.3, 0.4) is 0 Å². The summed E-state index contributed by atoms with van der Waals surface area (Å²) in [6, 6.07) is 0.0780. The van der Waals surface area contributed by atoms with Gasteiger partial charge in [-0.2, -0.15) is 0 Å². The van der Waals surface area contributed by atoms with E-state index in [0.717, 1.165) is 6.42 Å². The number of nitrogens with one attached hydrogen (secondary N) is 1. The Bertz CT molecular complexity index is 167. The quantitative estimate of drug-likeness (QED) is 0.576. The van der Waals surface area contributed by atoms with E-state index in [4.69, 9.17) is 10.5 Å². The summed E-state index contributed by atoms with van der Waals surface area (Å²) in [6.07, 6.45) is 1.95. The predicted molar refractivity (Wildman–Crippen MR) is 52.3 cm³/mol. The molecular formula is C9H18N2O2. The van der Waals surface area contributed by atoms with Gasteiger partial charge in [0.25, 0.3) is 5.91 Å². The summed E-state index contributed by atoms with van der Waals surface area (Å²) < 4.78 is 4.88. The molecule has 0 fully saturated rings. The number of carbonyl (C=O) groups excluding carboxylic acids is 1. The van der Waals surface area contributed by atoms with Crippen LogP contribution in [-0.2, 0) is 9.53 Å². The predicted octanol–water partition coefficient (Wildman–Crippen LogP) is 0.0409. The Morgan fingerprint density at radius 1 is 1.77 bits per heavy atom. The molecule has 0 bridgehead atoms. The highest BCUT2D eigenvalue weighted by molar-refractivity contribution is 5.81. The highest BCUT2D eigenvalue weighted by Gasteiger charge is 2.16. The molecule has 0 heterocycles. The summed E-state index contributed by atoms with van der Waals surface area (Å²) in [4.78, 5) is 11.3. The van der Waals surface area contributed by atoms with Gasteiger partial charge in [-0.1, -0.05) is 6.08 Å². The van der Waals surface area contributed by atoms with Crippen LogP contribution in [0.1, 0.15) is 13.3 Å². The Labute approximate surface area is 79.1 Å². The van der Waals surface area contributed by atoms with Gasteiger partial charge in [0.2, 0.25) is 0 Å². The second kappa shape index (κ2) is 6.62. The van der Waals surface area contributed by atoms with Crippen molar-refractivity contribution in [3.63, 3.8) is 0 Å². The van der Waals surface area contributed by atoms with Crippen molar-refractivity contribution in [1.82, 2.24) is 5.32 Å². The van der Waals surface area contributed by atoms with Crippen molar-refractivity contribution in [1.29, 1.82) is 0 Å². The Morgan fingerprint density at radius 3 is 2.77 bits per heavy atom. The van der Waals surface area contributed by atoms with E-state index >= 15 is 0 Å². The minimum absolute atomic E-state index is 0.0780. The number of nitrogens with two attached hydrogens (primary N) is 1. The molecule has 4 heteroatoms. The maximum atomic E-state index is 11.3. The fourth-order valence-corrected chi connectivity index (χ4v) is 0.955.